The van der Waals surface area contributed by atoms with Gasteiger partial charge in [0.15, 0.2) is 6.10 Å². The van der Waals surface area contributed by atoms with Gasteiger partial charge in [0, 0.05) is 12.2 Å². The van der Waals surface area contributed by atoms with Crippen molar-refractivity contribution >= 4 is 5.97 Å². The predicted octanol–water partition coefficient (Wildman–Crippen LogP) is 3.21. The van der Waals surface area contributed by atoms with Crippen molar-refractivity contribution in [2.75, 3.05) is 6.61 Å². The van der Waals surface area contributed by atoms with E-state index in [9.17, 15) is 26.7 Å². The maximum absolute atomic E-state index is 14.5. The molecule has 0 aromatic heterocycles. The van der Waals surface area contributed by atoms with E-state index in [1.165, 1.54) is 6.92 Å². The Hall–Kier alpha value is -1.22. The Bertz CT molecular complexity index is 472. The second-order valence-corrected chi connectivity index (χ2v) is 5.44. The van der Waals surface area contributed by atoms with Gasteiger partial charge in [-0.1, -0.05) is 6.58 Å². The van der Waals surface area contributed by atoms with E-state index in [1.54, 1.807) is 0 Å². The van der Waals surface area contributed by atoms with Gasteiger partial charge in [-0.2, -0.15) is 22.0 Å². The van der Waals surface area contributed by atoms with E-state index >= 15 is 0 Å². The van der Waals surface area contributed by atoms with E-state index < -0.39 is 42.2 Å². The van der Waals surface area contributed by atoms with Crippen LogP contribution in [0.5, 0.6) is 0 Å². The Morgan fingerprint density at radius 2 is 1.82 bits per heavy atom. The average molecular weight is 332 g/mol. The molecule has 4 nitrogen and oxygen atoms in total. The number of carbonyl (C=O) groups is 1. The van der Waals surface area contributed by atoms with Gasteiger partial charge in [0.1, 0.15) is 5.60 Å². The monoisotopic (exact) mass is 332 g/mol. The number of halogens is 5. The average Bonchev–Trinajstić information content (AvgIpc) is 2.46. The minimum Gasteiger partial charge on any atom is -0.449 e. The molecule has 2 atom stereocenters. The van der Waals surface area contributed by atoms with Crippen LogP contribution in [-0.2, 0) is 19.0 Å². The van der Waals surface area contributed by atoms with Crippen LogP contribution in [-0.4, -0.2) is 42.2 Å². The number of hydrogen-bond donors (Lipinski definition) is 0. The van der Waals surface area contributed by atoms with Crippen LogP contribution in [0.3, 0.4) is 0 Å². The Balaban J connectivity index is 3.37. The number of hydrogen-bond acceptors (Lipinski definition) is 4. The lowest BCUT2D eigenvalue weighted by atomic mass is 9.95. The normalized spacial score (nSPS) is 30.1. The van der Waals surface area contributed by atoms with E-state index in [4.69, 9.17) is 0 Å². The van der Waals surface area contributed by atoms with Crippen molar-refractivity contribution in [3.8, 4) is 0 Å². The van der Waals surface area contributed by atoms with E-state index in [0.29, 0.717) is 0 Å². The third-order valence-electron chi connectivity index (χ3n) is 3.10. The lowest BCUT2D eigenvalue weighted by Crippen LogP contribution is -2.61. The van der Waals surface area contributed by atoms with Gasteiger partial charge >= 0.3 is 23.9 Å². The van der Waals surface area contributed by atoms with Gasteiger partial charge in [0.2, 0.25) is 0 Å². The molecule has 1 aliphatic rings. The molecule has 1 rings (SSSR count). The molecule has 0 spiro atoms. The Labute approximate surface area is 124 Å². The summed E-state index contributed by atoms with van der Waals surface area (Å²) in [5.41, 5.74) is -2.35. The summed E-state index contributed by atoms with van der Waals surface area (Å²) in [5, 5.41) is 0. The molecule has 1 heterocycles. The largest absolute Gasteiger partial charge is 0.450 e. The zero-order chi connectivity index (χ0) is 17.6. The number of rotatable bonds is 4. The molecule has 1 saturated heterocycles. The molecule has 0 N–H and O–H groups in total. The fraction of sp³-hybridized carbons (Fsp3) is 0.769. The molecule has 22 heavy (non-hydrogen) atoms. The van der Waals surface area contributed by atoms with Gasteiger partial charge in [-0.3, -0.25) is 0 Å². The zero-order valence-electron chi connectivity index (χ0n) is 12.5. The molecule has 128 valence electrons. The molecule has 1 fully saturated rings. The van der Waals surface area contributed by atoms with Crippen LogP contribution in [0, 0.1) is 0 Å². The maximum atomic E-state index is 14.5. The topological polar surface area (TPSA) is 44.8 Å². The highest BCUT2D eigenvalue weighted by Crippen LogP contribution is 2.57. The first-order valence-corrected chi connectivity index (χ1v) is 6.38. The molecule has 0 radical (unpaired) electrons. The lowest BCUT2D eigenvalue weighted by molar-refractivity contribution is -0.426. The van der Waals surface area contributed by atoms with Gasteiger partial charge in [0.25, 0.3) is 0 Å². The summed E-state index contributed by atoms with van der Waals surface area (Å²) in [4.78, 5) is 11.5. The maximum Gasteiger partial charge on any atom is 0.450 e. The number of alkyl halides is 5. The summed E-state index contributed by atoms with van der Waals surface area (Å²) in [7, 11) is 0. The smallest absolute Gasteiger partial charge is 0.449 e. The summed E-state index contributed by atoms with van der Waals surface area (Å²) in [6.07, 6.45) is -8.02. The summed E-state index contributed by atoms with van der Waals surface area (Å²) >= 11 is 0. The molecule has 0 aromatic carbocycles. The van der Waals surface area contributed by atoms with E-state index in [2.05, 4.69) is 20.8 Å². The molecule has 0 bridgehead atoms. The van der Waals surface area contributed by atoms with Gasteiger partial charge < -0.3 is 14.2 Å². The summed E-state index contributed by atoms with van der Waals surface area (Å²) < 4.78 is 81.9. The minimum absolute atomic E-state index is 0.229. The van der Waals surface area contributed by atoms with Crippen LogP contribution in [0.2, 0.25) is 0 Å². The van der Waals surface area contributed by atoms with E-state index in [0.717, 1.165) is 20.8 Å². The second kappa shape index (κ2) is 5.45. The molecule has 0 saturated carbocycles. The Morgan fingerprint density at radius 1 is 1.32 bits per heavy atom. The number of esters is 1. The molecular formula is C13H17F5O4. The summed E-state index contributed by atoms with van der Waals surface area (Å²) in [5.74, 6) is -10.1. The summed E-state index contributed by atoms with van der Waals surface area (Å²) in [6, 6.07) is 0. The van der Waals surface area contributed by atoms with Crippen LogP contribution in [0.25, 0.3) is 0 Å². The third kappa shape index (κ3) is 2.71. The lowest BCUT2D eigenvalue weighted by Gasteiger charge is -2.35. The minimum atomic E-state index is -5.53. The molecule has 9 heteroatoms. The van der Waals surface area contributed by atoms with Crippen molar-refractivity contribution in [1.82, 2.24) is 0 Å². The first-order valence-electron chi connectivity index (χ1n) is 6.38. The van der Waals surface area contributed by atoms with Crippen LogP contribution < -0.4 is 0 Å². The van der Waals surface area contributed by atoms with Crippen LogP contribution in [0.15, 0.2) is 12.2 Å². The van der Waals surface area contributed by atoms with Gasteiger partial charge in [-0.25, -0.2) is 4.79 Å². The molecule has 2 unspecified atom stereocenters. The van der Waals surface area contributed by atoms with E-state index in [-0.39, 0.29) is 5.57 Å². The van der Waals surface area contributed by atoms with Crippen molar-refractivity contribution in [3.05, 3.63) is 12.2 Å². The highest BCUT2D eigenvalue weighted by atomic mass is 19.4. The fourth-order valence-electron chi connectivity index (χ4n) is 2.18. The molecule has 1 aliphatic heterocycles. The van der Waals surface area contributed by atoms with Gasteiger partial charge in [-0.05, 0) is 27.7 Å². The van der Waals surface area contributed by atoms with Crippen molar-refractivity contribution < 1.29 is 41.0 Å². The van der Waals surface area contributed by atoms with Crippen molar-refractivity contribution in [1.29, 1.82) is 0 Å². The Kier molecular flexibility index (Phi) is 4.66. The SMILES string of the molecule is C=C(C)C(=O)OC1C(C)(C)OC(OCC)(C(F)(F)F)C1(F)F. The molecule has 0 aliphatic carbocycles. The standard InChI is InChI=1S/C13H17F5O4/c1-6-20-12(13(16,17)18)11(14,15)9(10(4,5)22-12)21-8(19)7(2)3/h9H,2,6H2,1,3-5H3. The van der Waals surface area contributed by atoms with Crippen LogP contribution >= 0.6 is 0 Å². The highest BCUT2D eigenvalue weighted by Gasteiger charge is 2.84. The van der Waals surface area contributed by atoms with Gasteiger partial charge in [-0.15, -0.1) is 0 Å². The van der Waals surface area contributed by atoms with Gasteiger partial charge in [0.05, 0.1) is 0 Å². The third-order valence-corrected chi connectivity index (χ3v) is 3.10. The number of ether oxygens (including phenoxy) is 3. The fourth-order valence-corrected chi connectivity index (χ4v) is 2.18. The first kappa shape index (κ1) is 18.8. The first-order chi connectivity index (χ1) is 9.73. The van der Waals surface area contributed by atoms with Crippen LogP contribution in [0.4, 0.5) is 22.0 Å². The quantitative estimate of drug-likeness (QED) is 0.450. The number of carbonyl (C=O) groups excluding carboxylic acids is 1. The van der Waals surface area contributed by atoms with Crippen LogP contribution in [0.1, 0.15) is 27.7 Å². The van der Waals surface area contributed by atoms with Crippen molar-refractivity contribution in [3.63, 3.8) is 0 Å². The van der Waals surface area contributed by atoms with E-state index in [1.807, 2.05) is 0 Å². The van der Waals surface area contributed by atoms with Crippen molar-refractivity contribution in [2.24, 2.45) is 0 Å². The molecule has 0 amide bonds. The predicted molar refractivity (Wildman–Crippen MR) is 65.2 cm³/mol. The zero-order valence-corrected chi connectivity index (χ0v) is 12.5. The Morgan fingerprint density at radius 3 is 2.18 bits per heavy atom. The molecule has 0 aromatic rings. The van der Waals surface area contributed by atoms with Crippen molar-refractivity contribution in [2.45, 2.75) is 57.3 Å². The summed E-state index contributed by atoms with van der Waals surface area (Å²) in [6.45, 7) is 6.75. The highest BCUT2D eigenvalue weighted by molar-refractivity contribution is 5.87. The second-order valence-electron chi connectivity index (χ2n) is 5.44. The molecular weight excluding hydrogens is 315 g/mol.